The largest absolute Gasteiger partial charge is 0.465 e. The van der Waals surface area contributed by atoms with Crippen molar-refractivity contribution in [2.75, 3.05) is 7.11 Å². The summed E-state index contributed by atoms with van der Waals surface area (Å²) in [5.74, 6) is -0.609. The van der Waals surface area contributed by atoms with Gasteiger partial charge in [0.15, 0.2) is 0 Å². The fourth-order valence-electron chi connectivity index (χ4n) is 2.81. The van der Waals surface area contributed by atoms with Crippen LogP contribution in [0.25, 0.3) is 0 Å². The van der Waals surface area contributed by atoms with E-state index in [0.717, 1.165) is 43.4 Å². The molecule has 1 heterocycles. The van der Waals surface area contributed by atoms with E-state index in [2.05, 4.69) is 9.46 Å². The predicted octanol–water partition coefficient (Wildman–Crippen LogP) is 2.84. The van der Waals surface area contributed by atoms with Crippen LogP contribution in [0.2, 0.25) is 0 Å². The molecule has 0 amide bonds. The molecule has 0 aliphatic heterocycles. The molecule has 0 aromatic carbocycles. The van der Waals surface area contributed by atoms with E-state index >= 15 is 0 Å². The summed E-state index contributed by atoms with van der Waals surface area (Å²) in [5.41, 5.74) is 0.145. The van der Waals surface area contributed by atoms with Crippen LogP contribution in [0.4, 0.5) is 0 Å². The highest BCUT2D eigenvalue weighted by Crippen LogP contribution is 2.32. The van der Waals surface area contributed by atoms with Gasteiger partial charge >= 0.3 is 5.97 Å². The van der Waals surface area contributed by atoms with E-state index in [1.54, 1.807) is 12.3 Å². The molecular weight excluding hydrogens is 310 g/mol. The Kier molecular flexibility index (Phi) is 4.75. The van der Waals surface area contributed by atoms with Crippen molar-refractivity contribution >= 4 is 27.3 Å². The van der Waals surface area contributed by atoms with E-state index in [9.17, 15) is 13.2 Å². The van der Waals surface area contributed by atoms with Crippen LogP contribution in [0, 0.1) is 6.92 Å². The van der Waals surface area contributed by atoms with Gasteiger partial charge < -0.3 is 4.74 Å². The van der Waals surface area contributed by atoms with Gasteiger partial charge in [-0.15, -0.1) is 11.3 Å². The number of methoxy groups -OCH3 is 1. The number of hydrogen-bond donors (Lipinski definition) is 1. The average Bonchev–Trinajstić information content (AvgIpc) is 2.80. The monoisotopic (exact) mass is 331 g/mol. The maximum Gasteiger partial charge on any atom is 0.349 e. The number of ether oxygens (including phenoxy) is 1. The molecule has 0 atom stereocenters. The van der Waals surface area contributed by atoms with Crippen molar-refractivity contribution in [3.63, 3.8) is 0 Å². The highest BCUT2D eigenvalue weighted by atomic mass is 32.2. The van der Waals surface area contributed by atoms with Crippen molar-refractivity contribution in [1.82, 2.24) is 4.72 Å². The molecule has 0 bridgehead atoms. The van der Waals surface area contributed by atoms with E-state index in [-0.39, 0.29) is 9.77 Å². The third-order valence-electron chi connectivity index (χ3n) is 3.90. The Morgan fingerprint density at radius 3 is 2.52 bits per heavy atom. The lowest BCUT2D eigenvalue weighted by molar-refractivity contribution is 0.0602. The first-order valence-corrected chi connectivity index (χ1v) is 9.36. The molecule has 0 radical (unpaired) electrons. The molecule has 21 heavy (non-hydrogen) atoms. The lowest BCUT2D eigenvalue weighted by atomic mass is 9.84. The van der Waals surface area contributed by atoms with Crippen molar-refractivity contribution in [2.24, 2.45) is 0 Å². The predicted molar refractivity (Wildman–Crippen MR) is 82.2 cm³/mol. The minimum atomic E-state index is -3.73. The van der Waals surface area contributed by atoms with E-state index in [1.807, 2.05) is 6.92 Å². The molecule has 1 fully saturated rings. The third kappa shape index (κ3) is 3.46. The van der Waals surface area contributed by atoms with Crippen molar-refractivity contribution in [1.29, 1.82) is 0 Å². The first-order valence-electron chi connectivity index (χ1n) is 6.99. The fraction of sp³-hybridized carbons (Fsp3) is 0.643. The minimum Gasteiger partial charge on any atom is -0.465 e. The van der Waals surface area contributed by atoms with E-state index in [1.165, 1.54) is 7.11 Å². The summed E-state index contributed by atoms with van der Waals surface area (Å²) in [7, 11) is -2.48. The molecule has 0 unspecified atom stereocenters. The Labute approximate surface area is 129 Å². The second-order valence-corrected chi connectivity index (χ2v) is 8.29. The molecule has 0 spiro atoms. The lowest BCUT2D eigenvalue weighted by Crippen LogP contribution is -2.47. The molecule has 1 N–H and O–H groups in total. The summed E-state index contributed by atoms with van der Waals surface area (Å²) in [6, 6.07) is 0. The maximum absolute atomic E-state index is 12.7. The molecule has 7 heteroatoms. The quantitative estimate of drug-likeness (QED) is 0.861. The Morgan fingerprint density at radius 1 is 1.33 bits per heavy atom. The van der Waals surface area contributed by atoms with Crippen LogP contribution < -0.4 is 4.72 Å². The van der Waals surface area contributed by atoms with Crippen LogP contribution in [0.5, 0.6) is 0 Å². The summed E-state index contributed by atoms with van der Waals surface area (Å²) >= 11 is 1.10. The van der Waals surface area contributed by atoms with Gasteiger partial charge in [0.25, 0.3) is 0 Å². The summed E-state index contributed by atoms with van der Waals surface area (Å²) in [6.45, 7) is 3.63. The average molecular weight is 331 g/mol. The molecule has 1 aromatic rings. The van der Waals surface area contributed by atoms with Gasteiger partial charge in [0, 0.05) is 5.54 Å². The van der Waals surface area contributed by atoms with E-state index in [4.69, 9.17) is 0 Å². The number of aryl methyl sites for hydroxylation is 1. The number of esters is 1. The number of sulfonamides is 1. The molecule has 0 saturated heterocycles. The van der Waals surface area contributed by atoms with Gasteiger partial charge in [-0.3, -0.25) is 0 Å². The number of carbonyl (C=O) groups excluding carboxylic acids is 1. The number of hydrogen-bond acceptors (Lipinski definition) is 5. The van der Waals surface area contributed by atoms with E-state index < -0.39 is 21.5 Å². The molecule has 118 valence electrons. The third-order valence-corrected chi connectivity index (χ3v) is 6.93. The van der Waals surface area contributed by atoms with Crippen molar-refractivity contribution in [2.45, 2.75) is 56.4 Å². The van der Waals surface area contributed by atoms with E-state index in [0.29, 0.717) is 5.56 Å². The zero-order valence-electron chi connectivity index (χ0n) is 12.6. The fourth-order valence-corrected chi connectivity index (χ4v) is 5.98. The van der Waals surface area contributed by atoms with Crippen LogP contribution in [0.3, 0.4) is 0 Å². The maximum atomic E-state index is 12.7. The van der Waals surface area contributed by atoms with Crippen LogP contribution in [0.1, 0.15) is 54.3 Å². The van der Waals surface area contributed by atoms with Crippen LogP contribution in [0.15, 0.2) is 10.3 Å². The van der Waals surface area contributed by atoms with Gasteiger partial charge in [0.05, 0.1) is 7.11 Å². The van der Waals surface area contributed by atoms with Gasteiger partial charge in [0.2, 0.25) is 10.0 Å². The normalized spacial score (nSPS) is 18.4. The van der Waals surface area contributed by atoms with Gasteiger partial charge in [-0.25, -0.2) is 17.9 Å². The Balaban J connectivity index is 2.36. The first-order chi connectivity index (χ1) is 9.79. The van der Waals surface area contributed by atoms with Crippen molar-refractivity contribution in [3.05, 3.63) is 15.8 Å². The molecule has 2 rings (SSSR count). The zero-order valence-corrected chi connectivity index (χ0v) is 14.2. The highest BCUT2D eigenvalue weighted by Gasteiger charge is 2.35. The smallest absolute Gasteiger partial charge is 0.349 e. The van der Waals surface area contributed by atoms with Crippen LogP contribution >= 0.6 is 11.3 Å². The zero-order chi connectivity index (χ0) is 15.7. The van der Waals surface area contributed by atoms with Crippen molar-refractivity contribution in [3.8, 4) is 0 Å². The van der Waals surface area contributed by atoms with Crippen molar-refractivity contribution < 1.29 is 17.9 Å². The lowest BCUT2D eigenvalue weighted by Gasteiger charge is -2.34. The molecule has 1 aliphatic carbocycles. The molecule has 5 nitrogen and oxygen atoms in total. The van der Waals surface area contributed by atoms with Crippen LogP contribution in [-0.2, 0) is 14.8 Å². The first kappa shape index (κ1) is 16.5. The van der Waals surface area contributed by atoms with Gasteiger partial charge in [-0.1, -0.05) is 19.3 Å². The Bertz CT molecular complexity index is 627. The molecule has 1 aromatic heterocycles. The summed E-state index contributed by atoms with van der Waals surface area (Å²) in [4.78, 5) is 12.0. The summed E-state index contributed by atoms with van der Waals surface area (Å²) in [5, 5.41) is 1.67. The molecule has 1 aliphatic rings. The van der Waals surface area contributed by atoms with Gasteiger partial charge in [-0.05, 0) is 37.6 Å². The van der Waals surface area contributed by atoms with Crippen LogP contribution in [-0.4, -0.2) is 27.0 Å². The Morgan fingerprint density at radius 2 is 1.95 bits per heavy atom. The second kappa shape index (κ2) is 6.06. The summed E-state index contributed by atoms with van der Waals surface area (Å²) in [6.07, 6.45) is 4.82. The van der Waals surface area contributed by atoms with Gasteiger partial charge in [-0.2, -0.15) is 0 Å². The summed E-state index contributed by atoms with van der Waals surface area (Å²) < 4.78 is 32.9. The molecular formula is C14H21NO4S2. The van der Waals surface area contributed by atoms with Gasteiger partial charge in [0.1, 0.15) is 9.77 Å². The SMILES string of the molecule is COC(=O)c1scc(C)c1S(=O)(=O)NC1(C)CCCCC1. The highest BCUT2D eigenvalue weighted by molar-refractivity contribution is 7.89. The topological polar surface area (TPSA) is 72.5 Å². The number of thiophene rings is 1. The molecule has 1 saturated carbocycles. The minimum absolute atomic E-state index is 0.0612. The number of nitrogens with one attached hydrogen (secondary N) is 1. The number of rotatable bonds is 4. The standard InChI is InChI=1S/C14H21NO4S2/c1-10-9-20-11(13(16)19-3)12(10)21(17,18)15-14(2)7-5-4-6-8-14/h9,15H,4-8H2,1-3H3. The Hall–Kier alpha value is -0.920. The second-order valence-electron chi connectivity index (χ2n) is 5.80. The number of carbonyl (C=O) groups is 1.